The second kappa shape index (κ2) is 5.67. The molecule has 2 N–H and O–H groups in total. The van der Waals surface area contributed by atoms with Crippen LogP contribution >= 0.6 is 0 Å². The van der Waals surface area contributed by atoms with Gasteiger partial charge in [0.15, 0.2) is 0 Å². The van der Waals surface area contributed by atoms with Crippen molar-refractivity contribution in [2.24, 2.45) is 0 Å². The number of hydrogen-bond donors (Lipinski definition) is 2. The highest BCUT2D eigenvalue weighted by Crippen LogP contribution is 2.21. The van der Waals surface area contributed by atoms with Crippen molar-refractivity contribution < 1.29 is 18.3 Å². The number of anilines is 2. The van der Waals surface area contributed by atoms with Crippen molar-refractivity contribution in [3.63, 3.8) is 0 Å². The molecule has 0 aliphatic carbocycles. The van der Waals surface area contributed by atoms with Gasteiger partial charge in [0.05, 0.1) is 6.61 Å². The van der Waals surface area contributed by atoms with E-state index >= 15 is 0 Å². The molecule has 17 heavy (non-hydrogen) atoms. The largest absolute Gasteiger partial charge is 0.405 e. The predicted octanol–water partition coefficient (Wildman–Crippen LogP) is 0.879. The zero-order valence-electron chi connectivity index (χ0n) is 9.20. The monoisotopic (exact) mass is 250 g/mol. The molecular weight excluding hydrogens is 237 g/mol. The Morgan fingerprint density at radius 1 is 1.41 bits per heavy atom. The first-order valence-corrected chi connectivity index (χ1v) is 4.88. The summed E-state index contributed by atoms with van der Waals surface area (Å²) in [6.07, 6.45) is -3.18. The molecule has 0 spiro atoms. The van der Waals surface area contributed by atoms with E-state index in [1.165, 1.54) is 12.4 Å². The van der Waals surface area contributed by atoms with Crippen molar-refractivity contribution in [3.05, 3.63) is 12.4 Å². The Balaban J connectivity index is 2.88. The van der Waals surface area contributed by atoms with Crippen molar-refractivity contribution in [3.8, 4) is 0 Å². The van der Waals surface area contributed by atoms with Crippen LogP contribution in [0.15, 0.2) is 12.4 Å². The minimum absolute atomic E-state index is 0.121. The molecule has 0 atom stereocenters. The van der Waals surface area contributed by atoms with Gasteiger partial charge in [-0.1, -0.05) is 0 Å². The van der Waals surface area contributed by atoms with Crippen LogP contribution in [0.3, 0.4) is 0 Å². The summed E-state index contributed by atoms with van der Waals surface area (Å²) in [4.78, 5) is 8.51. The molecular formula is C9H13F3N4O. The molecule has 1 aromatic rings. The molecule has 1 heterocycles. The second-order valence-corrected chi connectivity index (χ2v) is 3.27. The van der Waals surface area contributed by atoms with Gasteiger partial charge < -0.3 is 15.3 Å². The lowest BCUT2D eigenvalue weighted by Gasteiger charge is -2.24. The molecule has 96 valence electrons. The molecule has 0 unspecified atom stereocenters. The van der Waals surface area contributed by atoms with Gasteiger partial charge >= 0.3 is 6.18 Å². The van der Waals surface area contributed by atoms with Gasteiger partial charge in [-0.15, -0.1) is 0 Å². The zero-order valence-corrected chi connectivity index (χ0v) is 9.20. The molecule has 1 aromatic heterocycles. The average molecular weight is 250 g/mol. The molecule has 0 saturated carbocycles. The van der Waals surface area contributed by atoms with Gasteiger partial charge in [0, 0.05) is 19.7 Å². The molecule has 0 aliphatic rings. The van der Waals surface area contributed by atoms with Crippen LogP contribution in [0.25, 0.3) is 0 Å². The number of nitrogens with zero attached hydrogens (tertiary/aromatic N) is 3. The van der Waals surface area contributed by atoms with Crippen LogP contribution in [0.5, 0.6) is 0 Å². The Labute approximate surface area is 96.3 Å². The normalized spacial score (nSPS) is 11.4. The summed E-state index contributed by atoms with van der Waals surface area (Å²) in [7, 11) is 1.60. The topological polar surface area (TPSA) is 61.3 Å². The predicted molar refractivity (Wildman–Crippen MR) is 56.9 cm³/mol. The molecule has 0 aromatic carbocycles. The third kappa shape index (κ3) is 4.43. The fourth-order valence-corrected chi connectivity index (χ4v) is 1.27. The quantitative estimate of drug-likeness (QED) is 0.812. The maximum absolute atomic E-state index is 12.3. The maximum Gasteiger partial charge on any atom is 0.405 e. The standard InChI is InChI=1S/C9H13F3N4O/c1-13-7-4-8(15-6-14-7)16(2-3-17)5-9(10,11)12/h4,6,17H,2-3,5H2,1H3,(H,13,14,15). The molecule has 0 fully saturated rings. The highest BCUT2D eigenvalue weighted by atomic mass is 19.4. The summed E-state index contributed by atoms with van der Waals surface area (Å²) in [5.74, 6) is 0.538. The fourth-order valence-electron chi connectivity index (χ4n) is 1.27. The van der Waals surface area contributed by atoms with E-state index in [1.807, 2.05) is 0 Å². The summed E-state index contributed by atoms with van der Waals surface area (Å²) in [5.41, 5.74) is 0. The number of rotatable bonds is 5. The fraction of sp³-hybridized carbons (Fsp3) is 0.556. The molecule has 1 rings (SSSR count). The number of nitrogens with one attached hydrogen (secondary N) is 1. The first-order chi connectivity index (χ1) is 7.96. The van der Waals surface area contributed by atoms with Crippen molar-refractivity contribution >= 4 is 11.6 Å². The van der Waals surface area contributed by atoms with Crippen LogP contribution in [-0.4, -0.2) is 48.0 Å². The molecule has 0 aliphatic heterocycles. The summed E-state index contributed by atoms with van der Waals surface area (Å²) >= 11 is 0. The van der Waals surface area contributed by atoms with E-state index in [1.54, 1.807) is 7.05 Å². The molecule has 0 radical (unpaired) electrons. The van der Waals surface area contributed by atoms with Gasteiger partial charge in [0.2, 0.25) is 0 Å². The average Bonchev–Trinajstić information content (AvgIpc) is 2.27. The number of aliphatic hydroxyl groups excluding tert-OH is 1. The first kappa shape index (κ1) is 13.5. The third-order valence-electron chi connectivity index (χ3n) is 1.97. The molecule has 5 nitrogen and oxygen atoms in total. The molecule has 0 saturated heterocycles. The van der Waals surface area contributed by atoms with E-state index in [0.717, 1.165) is 4.90 Å². The van der Waals surface area contributed by atoms with Crippen molar-refractivity contribution in [2.75, 3.05) is 37.0 Å². The summed E-state index contributed by atoms with van der Waals surface area (Å²) in [6.45, 7) is -1.68. The highest BCUT2D eigenvalue weighted by Gasteiger charge is 2.31. The third-order valence-corrected chi connectivity index (χ3v) is 1.97. The molecule has 0 bridgehead atoms. The van der Waals surface area contributed by atoms with E-state index in [9.17, 15) is 13.2 Å². The lowest BCUT2D eigenvalue weighted by molar-refractivity contribution is -0.120. The van der Waals surface area contributed by atoms with Crippen molar-refractivity contribution in [2.45, 2.75) is 6.18 Å². The van der Waals surface area contributed by atoms with E-state index in [4.69, 9.17) is 5.11 Å². The minimum Gasteiger partial charge on any atom is -0.395 e. The number of hydrogen-bond acceptors (Lipinski definition) is 5. The highest BCUT2D eigenvalue weighted by molar-refractivity contribution is 5.48. The molecule has 0 amide bonds. The van der Waals surface area contributed by atoms with Gasteiger partial charge in [0.1, 0.15) is 24.5 Å². The number of alkyl halides is 3. The first-order valence-electron chi connectivity index (χ1n) is 4.88. The number of halogens is 3. The van der Waals surface area contributed by atoms with E-state index in [-0.39, 0.29) is 19.0 Å². The Kier molecular flexibility index (Phi) is 4.50. The smallest absolute Gasteiger partial charge is 0.395 e. The minimum atomic E-state index is -4.35. The zero-order chi connectivity index (χ0) is 12.9. The van der Waals surface area contributed by atoms with Crippen LogP contribution in [-0.2, 0) is 0 Å². The van der Waals surface area contributed by atoms with Crippen molar-refractivity contribution in [1.29, 1.82) is 0 Å². The Bertz CT molecular complexity index is 358. The Morgan fingerprint density at radius 2 is 2.12 bits per heavy atom. The lowest BCUT2D eigenvalue weighted by atomic mass is 10.4. The van der Waals surface area contributed by atoms with E-state index in [0.29, 0.717) is 5.82 Å². The summed E-state index contributed by atoms with van der Waals surface area (Å²) in [5, 5.41) is 11.5. The van der Waals surface area contributed by atoms with Crippen LogP contribution in [0.2, 0.25) is 0 Å². The van der Waals surface area contributed by atoms with Crippen molar-refractivity contribution in [1.82, 2.24) is 9.97 Å². The summed E-state index contributed by atoms with van der Waals surface area (Å²) in [6, 6.07) is 1.39. The van der Waals surface area contributed by atoms with Gasteiger partial charge in [-0.25, -0.2) is 9.97 Å². The van der Waals surface area contributed by atoms with Crippen LogP contribution in [0, 0.1) is 0 Å². The Morgan fingerprint density at radius 3 is 2.65 bits per heavy atom. The summed E-state index contributed by atoms with van der Waals surface area (Å²) < 4.78 is 36.9. The van der Waals surface area contributed by atoms with Gasteiger partial charge in [-0.3, -0.25) is 0 Å². The van der Waals surface area contributed by atoms with E-state index in [2.05, 4.69) is 15.3 Å². The van der Waals surface area contributed by atoms with Gasteiger partial charge in [-0.05, 0) is 0 Å². The van der Waals surface area contributed by atoms with Crippen LogP contribution < -0.4 is 10.2 Å². The molecule has 8 heteroatoms. The van der Waals surface area contributed by atoms with Crippen LogP contribution in [0.4, 0.5) is 24.8 Å². The van der Waals surface area contributed by atoms with E-state index < -0.39 is 12.7 Å². The number of aromatic nitrogens is 2. The second-order valence-electron chi connectivity index (χ2n) is 3.27. The van der Waals surface area contributed by atoms with Crippen LogP contribution in [0.1, 0.15) is 0 Å². The Hall–Kier alpha value is -1.57. The lowest BCUT2D eigenvalue weighted by Crippen LogP contribution is -2.36. The maximum atomic E-state index is 12.3. The van der Waals surface area contributed by atoms with Gasteiger partial charge in [0.25, 0.3) is 0 Å². The number of aliphatic hydroxyl groups is 1. The van der Waals surface area contributed by atoms with Gasteiger partial charge in [-0.2, -0.15) is 13.2 Å². The SMILES string of the molecule is CNc1cc(N(CCO)CC(F)(F)F)ncn1.